The van der Waals surface area contributed by atoms with Crippen molar-refractivity contribution in [2.45, 2.75) is 23.6 Å². The number of hydrogen-bond acceptors (Lipinski definition) is 13. The van der Waals surface area contributed by atoms with E-state index >= 15 is 0 Å². The zero-order valence-electron chi connectivity index (χ0n) is 26.2. The molecule has 0 aliphatic rings. The summed E-state index contributed by atoms with van der Waals surface area (Å²) in [6.07, 6.45) is 1.58. The van der Waals surface area contributed by atoms with Crippen molar-refractivity contribution in [2.75, 3.05) is 0 Å². The van der Waals surface area contributed by atoms with E-state index in [1.807, 2.05) is 12.1 Å². The number of nitrogens with one attached hydrogen (secondary N) is 1. The predicted molar refractivity (Wildman–Crippen MR) is 184 cm³/mol. The first-order valence-corrected chi connectivity index (χ1v) is 17.1. The van der Waals surface area contributed by atoms with Crippen molar-refractivity contribution >= 4 is 71.4 Å². The normalized spacial score (nSPS) is 12.2. The summed E-state index contributed by atoms with van der Waals surface area (Å²) in [6.45, 7) is 2.67. The second-order valence-corrected chi connectivity index (χ2v) is 13.4. The van der Waals surface area contributed by atoms with Crippen molar-refractivity contribution in [2.24, 2.45) is 20.5 Å². The summed E-state index contributed by atoms with van der Waals surface area (Å²) >= 11 is 0. The molecule has 4 aromatic carbocycles. The van der Waals surface area contributed by atoms with E-state index in [-0.39, 0.29) is 50.1 Å². The zero-order chi connectivity index (χ0) is 36.4. The Hall–Kier alpha value is -5.31. The number of aromatic amines is 1. The number of phenols is 1. The molecule has 0 fully saturated rings. The number of benzene rings is 4. The first kappa shape index (κ1) is 38.5. The molecule has 0 aliphatic carbocycles. The number of aliphatic carboxylic acids is 1. The summed E-state index contributed by atoms with van der Waals surface area (Å²) in [7, 11) is -8.75. The van der Waals surface area contributed by atoms with Gasteiger partial charge in [-0.05, 0) is 66.9 Å². The van der Waals surface area contributed by atoms with Crippen molar-refractivity contribution in [3.05, 3.63) is 101 Å². The van der Waals surface area contributed by atoms with E-state index in [9.17, 15) is 36.5 Å². The van der Waals surface area contributed by atoms with Crippen LogP contribution in [0.5, 0.6) is 5.75 Å². The summed E-state index contributed by atoms with van der Waals surface area (Å²) in [6, 6.07) is 19.4. The molecular formula is C31H27CuN7O10S2. The maximum Gasteiger partial charge on any atom is 0.300 e. The molecule has 0 saturated carbocycles. The van der Waals surface area contributed by atoms with Gasteiger partial charge in [0.05, 0.1) is 32.4 Å². The fourth-order valence-corrected chi connectivity index (χ4v) is 5.84. The largest absolute Gasteiger partial charge is 0.505 e. The number of fused-ring (bicyclic) bond motifs is 2. The fraction of sp³-hybridized carbons (Fsp3) is 0.0645. The molecule has 20 heteroatoms. The van der Waals surface area contributed by atoms with E-state index in [0.717, 1.165) is 29.1 Å². The standard InChI is InChI=1S/C29H23N7O8S2.C2H4O2.Cu/c1-16-25(29(38)36(35-16)20-9-11-21(12-10-20)45(39,40)41)33-31-19-8-7-18-14-24(46(42,43)44)27(28(37)22(18)15-19)34-32-23-6-2-4-17-5-3-13-30-26(17)23;1-2(3)4;/h2-15,35,37,42-44H,1H3,(H,39,40,41);1H3,(H,3,4);. The maximum absolute atomic E-state index is 13.1. The van der Waals surface area contributed by atoms with Gasteiger partial charge in [0.2, 0.25) is 0 Å². The van der Waals surface area contributed by atoms with Crippen molar-refractivity contribution in [1.29, 1.82) is 0 Å². The number of carboxylic acids is 1. The number of para-hydroxylation sites is 1. The summed E-state index contributed by atoms with van der Waals surface area (Å²) in [5, 5.41) is 39.1. The van der Waals surface area contributed by atoms with Crippen molar-refractivity contribution < 1.29 is 58.7 Å². The molecule has 2 heterocycles. The van der Waals surface area contributed by atoms with Crippen LogP contribution in [0.25, 0.3) is 27.4 Å². The maximum atomic E-state index is 13.1. The summed E-state index contributed by atoms with van der Waals surface area (Å²) in [5.74, 6) is -1.36. The van der Waals surface area contributed by atoms with Crippen LogP contribution in [-0.4, -0.2) is 57.6 Å². The Morgan fingerprint density at radius 1 is 0.843 bits per heavy atom. The van der Waals surface area contributed by atoms with Crippen LogP contribution in [0.1, 0.15) is 12.6 Å². The van der Waals surface area contributed by atoms with E-state index in [1.54, 1.807) is 31.3 Å². The van der Waals surface area contributed by atoms with Gasteiger partial charge in [-0.15, -0.1) is 15.3 Å². The van der Waals surface area contributed by atoms with Crippen molar-refractivity contribution in [3.63, 3.8) is 0 Å². The second kappa shape index (κ2) is 15.3. The molecule has 0 saturated heterocycles. The van der Waals surface area contributed by atoms with Crippen LogP contribution in [0, 0.1) is 6.92 Å². The average Bonchev–Trinajstić information content (AvgIpc) is 3.34. The van der Waals surface area contributed by atoms with Crippen molar-refractivity contribution in [1.82, 2.24) is 14.8 Å². The SMILES string of the molecule is CC(=O)O.Cc1[nH]n(-c2ccc(S(=O)(=O)O)cc2)c(=O)c1N=Nc1ccc2cc(S(O)(O)O)c(N=Nc3cccc4cccnc34)c(O)c2c1.[Cu]. The summed E-state index contributed by atoms with van der Waals surface area (Å²) in [5.41, 5.74) is 0.658. The van der Waals surface area contributed by atoms with E-state index in [4.69, 9.17) is 9.90 Å². The van der Waals surface area contributed by atoms with Crippen LogP contribution in [0.4, 0.5) is 22.7 Å². The number of phenolic OH excluding ortho intramolecular Hbond substituents is 1. The van der Waals surface area contributed by atoms with Gasteiger partial charge in [0.15, 0.2) is 11.4 Å². The number of carboxylic acid groups (broad SMARTS) is 1. The molecule has 2 aromatic heterocycles. The molecule has 0 amide bonds. The van der Waals surface area contributed by atoms with Gasteiger partial charge in [0.1, 0.15) is 22.2 Å². The van der Waals surface area contributed by atoms with Crippen molar-refractivity contribution in [3.8, 4) is 11.4 Å². The van der Waals surface area contributed by atoms with E-state index in [1.165, 1.54) is 36.4 Å². The van der Waals surface area contributed by atoms with Gasteiger partial charge in [-0.1, -0.05) is 24.3 Å². The van der Waals surface area contributed by atoms with Gasteiger partial charge >= 0.3 is 0 Å². The van der Waals surface area contributed by atoms with Crippen LogP contribution in [0.3, 0.4) is 0 Å². The van der Waals surface area contributed by atoms with Crippen LogP contribution >= 0.6 is 10.9 Å². The molecule has 269 valence electrons. The minimum atomic E-state index is -4.41. The molecule has 1 radical (unpaired) electrons. The number of aromatic hydroxyl groups is 1. The first-order chi connectivity index (χ1) is 23.5. The number of rotatable bonds is 7. The third-order valence-electron chi connectivity index (χ3n) is 6.90. The Kier molecular flexibility index (Phi) is 11.5. The Bertz CT molecular complexity index is 2490. The van der Waals surface area contributed by atoms with Crippen LogP contribution in [0.15, 0.2) is 120 Å². The van der Waals surface area contributed by atoms with Gasteiger partial charge in [0.25, 0.3) is 21.6 Å². The zero-order valence-corrected chi connectivity index (χ0v) is 28.8. The molecular weight excluding hydrogens is 758 g/mol. The molecule has 51 heavy (non-hydrogen) atoms. The van der Waals surface area contributed by atoms with Crippen LogP contribution < -0.4 is 5.56 Å². The number of H-pyrrole nitrogens is 1. The Morgan fingerprint density at radius 2 is 1.49 bits per heavy atom. The molecule has 0 spiro atoms. The topological polar surface area (TPSA) is 273 Å². The Labute approximate surface area is 300 Å². The van der Waals surface area contributed by atoms with Gasteiger partial charge in [-0.2, -0.15) is 13.5 Å². The van der Waals surface area contributed by atoms with E-state index < -0.39 is 43.2 Å². The minimum absolute atomic E-state index is 0. The van der Waals surface area contributed by atoms with Crippen LogP contribution in [-0.2, 0) is 32.0 Å². The number of nitrogens with zero attached hydrogens (tertiary/aromatic N) is 6. The molecule has 0 bridgehead atoms. The minimum Gasteiger partial charge on any atom is -0.505 e. The second-order valence-electron chi connectivity index (χ2n) is 10.5. The third kappa shape index (κ3) is 8.71. The van der Waals surface area contributed by atoms with E-state index in [0.29, 0.717) is 22.3 Å². The van der Waals surface area contributed by atoms with Gasteiger partial charge in [0, 0.05) is 41.0 Å². The number of aryl methyl sites for hydroxylation is 1. The van der Waals surface area contributed by atoms with Gasteiger partial charge in [-0.3, -0.25) is 24.2 Å². The molecule has 0 aliphatic heterocycles. The first-order valence-electron chi connectivity index (χ1n) is 14.1. The quantitative estimate of drug-likeness (QED) is 0.0469. The number of hydrogen-bond donors (Lipinski definition) is 7. The molecule has 0 atom stereocenters. The third-order valence-corrected chi connectivity index (χ3v) is 8.67. The van der Waals surface area contributed by atoms with Crippen LogP contribution in [0.2, 0.25) is 0 Å². The number of pyridine rings is 1. The molecule has 0 unspecified atom stereocenters. The predicted octanol–water partition coefficient (Wildman–Crippen LogP) is 7.63. The number of aromatic nitrogens is 3. The molecule has 6 rings (SSSR count). The van der Waals surface area contributed by atoms with E-state index in [2.05, 4.69) is 30.5 Å². The molecule has 7 N–H and O–H groups in total. The Morgan fingerprint density at radius 3 is 2.14 bits per heavy atom. The van der Waals surface area contributed by atoms with Gasteiger partial charge < -0.3 is 23.9 Å². The fourth-order valence-electron chi connectivity index (χ4n) is 4.68. The smallest absolute Gasteiger partial charge is 0.300 e. The summed E-state index contributed by atoms with van der Waals surface area (Å²) in [4.78, 5) is 25.6. The summed E-state index contributed by atoms with van der Waals surface area (Å²) < 4.78 is 63.4. The average molecular weight is 785 g/mol. The number of azo groups is 2. The van der Waals surface area contributed by atoms with Gasteiger partial charge in [-0.25, -0.2) is 4.68 Å². The molecule has 17 nitrogen and oxygen atoms in total. The number of carbonyl (C=O) groups is 1. The monoisotopic (exact) mass is 784 g/mol. The molecule has 6 aromatic rings. The Balaban J connectivity index is 0.00000111.